The summed E-state index contributed by atoms with van der Waals surface area (Å²) in [6.07, 6.45) is 2.86. The molecule has 1 aliphatic rings. The number of rotatable bonds is 0. The molecule has 0 N–H and O–H groups in total. The van der Waals surface area contributed by atoms with Crippen molar-refractivity contribution in [3.63, 3.8) is 0 Å². The Morgan fingerprint density at radius 3 is 2.94 bits per heavy atom. The van der Waals surface area contributed by atoms with Crippen molar-refractivity contribution in [1.29, 1.82) is 0 Å². The van der Waals surface area contributed by atoms with E-state index in [9.17, 15) is 0 Å². The van der Waals surface area contributed by atoms with Gasteiger partial charge in [0.05, 0.1) is 33.6 Å². The van der Waals surface area contributed by atoms with Crippen LogP contribution in [0, 0.1) is 0 Å². The molecule has 0 saturated carbocycles. The molecule has 17 heavy (non-hydrogen) atoms. The van der Waals surface area contributed by atoms with Crippen molar-refractivity contribution in [3.8, 4) is 0 Å². The Morgan fingerprint density at radius 1 is 1.41 bits per heavy atom. The third kappa shape index (κ3) is 1.73. The minimum atomic E-state index is 0.0123. The second-order valence-corrected chi connectivity index (χ2v) is 5.28. The molecule has 90 valence electrons. The molecule has 0 fully saturated rings. The second kappa shape index (κ2) is 3.87. The van der Waals surface area contributed by atoms with Gasteiger partial charge in [0.1, 0.15) is 0 Å². The highest BCUT2D eigenvalue weighted by Gasteiger charge is 2.27. The van der Waals surface area contributed by atoms with E-state index >= 15 is 0 Å². The van der Waals surface area contributed by atoms with E-state index in [4.69, 9.17) is 27.9 Å². The maximum Gasteiger partial charge on any atom is 0.156 e. The predicted octanol–water partition coefficient (Wildman–Crippen LogP) is 3.66. The highest BCUT2D eigenvalue weighted by Crippen LogP contribution is 2.33. The summed E-state index contributed by atoms with van der Waals surface area (Å²) in [5.74, 6) is 0. The number of halogens is 2. The van der Waals surface area contributed by atoms with Crippen LogP contribution in [0.1, 0.15) is 31.3 Å². The topological polar surface area (TPSA) is 26.5 Å². The summed E-state index contributed by atoms with van der Waals surface area (Å²) in [5.41, 5.74) is 2.87. The van der Waals surface area contributed by atoms with Gasteiger partial charge in [-0.2, -0.15) is 0 Å². The molecule has 0 amide bonds. The van der Waals surface area contributed by atoms with Crippen molar-refractivity contribution in [2.45, 2.75) is 32.5 Å². The van der Waals surface area contributed by atoms with Gasteiger partial charge >= 0.3 is 0 Å². The van der Waals surface area contributed by atoms with Crippen LogP contribution < -0.4 is 0 Å². The summed E-state index contributed by atoms with van der Waals surface area (Å²) in [5, 5.41) is 1.18. The Balaban J connectivity index is 2.32. The van der Waals surface area contributed by atoms with Crippen molar-refractivity contribution in [2.75, 3.05) is 0 Å². The highest BCUT2D eigenvalue weighted by atomic mass is 35.5. The van der Waals surface area contributed by atoms with Gasteiger partial charge in [-0.1, -0.05) is 23.2 Å². The first-order valence-corrected chi connectivity index (χ1v) is 6.33. The van der Waals surface area contributed by atoms with Gasteiger partial charge in [-0.25, -0.2) is 4.98 Å². The number of hydrogen-bond acceptors (Lipinski definition) is 2. The van der Waals surface area contributed by atoms with Crippen LogP contribution >= 0.6 is 23.2 Å². The molecule has 2 aromatic heterocycles. The van der Waals surface area contributed by atoms with Crippen LogP contribution in [0.15, 0.2) is 12.3 Å². The van der Waals surface area contributed by atoms with Crippen LogP contribution in [0.25, 0.3) is 5.65 Å². The quantitative estimate of drug-likeness (QED) is 0.731. The Kier molecular flexibility index (Phi) is 2.58. The highest BCUT2D eigenvalue weighted by molar-refractivity contribution is 6.36. The van der Waals surface area contributed by atoms with Gasteiger partial charge < -0.3 is 4.74 Å². The SMILES string of the molecule is CC1Cc2nc3c(Cl)cc(Cl)cn3c2C(C)O1. The Labute approximate surface area is 109 Å². The van der Waals surface area contributed by atoms with Crippen molar-refractivity contribution in [1.82, 2.24) is 9.38 Å². The third-order valence-electron chi connectivity index (χ3n) is 3.06. The van der Waals surface area contributed by atoms with Crippen LogP contribution in [-0.4, -0.2) is 15.5 Å². The Morgan fingerprint density at radius 2 is 2.18 bits per heavy atom. The van der Waals surface area contributed by atoms with Gasteiger partial charge in [-0.05, 0) is 19.9 Å². The van der Waals surface area contributed by atoms with Crippen molar-refractivity contribution in [2.24, 2.45) is 0 Å². The fourth-order valence-corrected chi connectivity index (χ4v) is 2.96. The van der Waals surface area contributed by atoms with Crippen molar-refractivity contribution in [3.05, 3.63) is 33.7 Å². The van der Waals surface area contributed by atoms with Crippen molar-refractivity contribution < 1.29 is 4.74 Å². The molecule has 5 heteroatoms. The fourth-order valence-electron chi connectivity index (χ4n) is 2.45. The van der Waals surface area contributed by atoms with Gasteiger partial charge in [-0.15, -0.1) is 0 Å². The maximum absolute atomic E-state index is 6.16. The third-order valence-corrected chi connectivity index (χ3v) is 3.54. The lowest BCUT2D eigenvalue weighted by Crippen LogP contribution is -2.22. The molecule has 0 radical (unpaired) electrons. The maximum atomic E-state index is 6.16. The van der Waals surface area contributed by atoms with Gasteiger partial charge in [0.15, 0.2) is 5.65 Å². The van der Waals surface area contributed by atoms with E-state index in [0.717, 1.165) is 23.5 Å². The molecular formula is C12H12Cl2N2O. The van der Waals surface area contributed by atoms with E-state index in [1.54, 1.807) is 6.07 Å². The van der Waals surface area contributed by atoms with E-state index in [1.165, 1.54) is 0 Å². The van der Waals surface area contributed by atoms with E-state index in [0.29, 0.717) is 10.0 Å². The number of imidazole rings is 1. The van der Waals surface area contributed by atoms with Crippen LogP contribution in [-0.2, 0) is 11.2 Å². The van der Waals surface area contributed by atoms with Gasteiger partial charge in [0, 0.05) is 12.6 Å². The average molecular weight is 271 g/mol. The Hall–Kier alpha value is -0.770. The summed E-state index contributed by atoms with van der Waals surface area (Å²) >= 11 is 12.2. The number of pyridine rings is 1. The zero-order valence-corrected chi connectivity index (χ0v) is 11.1. The van der Waals surface area contributed by atoms with Crippen molar-refractivity contribution >= 4 is 28.8 Å². The number of fused-ring (bicyclic) bond motifs is 3. The summed E-state index contributed by atoms with van der Waals surface area (Å²) in [4.78, 5) is 4.59. The Bertz CT molecular complexity index is 594. The lowest BCUT2D eigenvalue weighted by Gasteiger charge is -2.25. The monoisotopic (exact) mass is 270 g/mol. The van der Waals surface area contributed by atoms with Gasteiger partial charge in [0.2, 0.25) is 0 Å². The summed E-state index contributed by atoms with van der Waals surface area (Å²) in [6, 6.07) is 1.71. The molecule has 2 atom stereocenters. The average Bonchev–Trinajstić information content (AvgIpc) is 2.56. The van der Waals surface area contributed by atoms with Gasteiger partial charge in [-0.3, -0.25) is 4.40 Å². The molecule has 0 bridgehead atoms. The molecule has 0 spiro atoms. The second-order valence-electron chi connectivity index (χ2n) is 4.44. The zero-order valence-electron chi connectivity index (χ0n) is 9.58. The first-order chi connectivity index (χ1) is 8.06. The fraction of sp³-hybridized carbons (Fsp3) is 0.417. The molecule has 3 rings (SSSR count). The normalized spacial score (nSPS) is 24.0. The molecule has 3 nitrogen and oxygen atoms in total. The number of nitrogens with zero attached hydrogens (tertiary/aromatic N) is 2. The number of aromatic nitrogens is 2. The largest absolute Gasteiger partial charge is 0.369 e. The molecule has 2 unspecified atom stereocenters. The van der Waals surface area contributed by atoms with Crippen LogP contribution in [0.4, 0.5) is 0 Å². The zero-order chi connectivity index (χ0) is 12.2. The smallest absolute Gasteiger partial charge is 0.156 e. The lowest BCUT2D eigenvalue weighted by molar-refractivity contribution is -0.00832. The standard InChI is InChI=1S/C12H12Cl2N2O/c1-6-3-10-11(7(2)17-6)16-5-8(13)4-9(14)12(16)15-10/h4-7H,3H2,1-2H3. The number of ether oxygens (including phenoxy) is 1. The molecule has 1 aliphatic heterocycles. The summed E-state index contributed by atoms with van der Waals surface area (Å²) in [6.45, 7) is 4.08. The predicted molar refractivity (Wildman–Crippen MR) is 67.9 cm³/mol. The summed E-state index contributed by atoms with van der Waals surface area (Å²) in [7, 11) is 0. The van der Waals surface area contributed by atoms with Crippen LogP contribution in [0.3, 0.4) is 0 Å². The number of hydrogen-bond donors (Lipinski definition) is 0. The van der Waals surface area contributed by atoms with E-state index < -0.39 is 0 Å². The first-order valence-electron chi connectivity index (χ1n) is 5.57. The van der Waals surface area contributed by atoms with Crippen LogP contribution in [0.2, 0.25) is 10.0 Å². The molecule has 2 aromatic rings. The summed E-state index contributed by atoms with van der Waals surface area (Å²) < 4.78 is 7.75. The minimum Gasteiger partial charge on any atom is -0.369 e. The van der Waals surface area contributed by atoms with E-state index in [-0.39, 0.29) is 12.2 Å². The molecule has 0 saturated heterocycles. The molecular weight excluding hydrogens is 259 g/mol. The molecule has 3 heterocycles. The van der Waals surface area contributed by atoms with Gasteiger partial charge in [0.25, 0.3) is 0 Å². The molecule has 0 aromatic carbocycles. The minimum absolute atomic E-state index is 0.0123. The first kappa shape index (κ1) is 11.3. The van der Waals surface area contributed by atoms with Crippen LogP contribution in [0.5, 0.6) is 0 Å². The van der Waals surface area contributed by atoms with E-state index in [1.807, 2.05) is 17.5 Å². The molecule has 0 aliphatic carbocycles. The lowest BCUT2D eigenvalue weighted by atomic mass is 10.1. The van der Waals surface area contributed by atoms with E-state index in [2.05, 4.69) is 11.9 Å².